The Balaban J connectivity index is 1.75. The van der Waals surface area contributed by atoms with Crippen molar-refractivity contribution in [3.8, 4) is 0 Å². The smallest absolute Gasteiger partial charge is 0.264 e. The van der Waals surface area contributed by atoms with Gasteiger partial charge in [-0.1, -0.05) is 60.7 Å². The van der Waals surface area contributed by atoms with Crippen LogP contribution < -0.4 is 9.62 Å². The Morgan fingerprint density at radius 1 is 0.900 bits per heavy atom. The molecule has 156 valence electrons. The Hall–Kier alpha value is -3.12. The number of sulfonamides is 1. The van der Waals surface area contributed by atoms with Crippen LogP contribution in [0.4, 0.5) is 5.69 Å². The van der Waals surface area contributed by atoms with Gasteiger partial charge in [-0.15, -0.1) is 0 Å². The molecule has 0 aliphatic rings. The summed E-state index contributed by atoms with van der Waals surface area (Å²) in [5.74, 6) is -0.290. The third-order valence-corrected chi connectivity index (χ3v) is 6.76. The minimum atomic E-state index is -3.77. The highest BCUT2D eigenvalue weighted by atomic mass is 32.2. The van der Waals surface area contributed by atoms with Gasteiger partial charge >= 0.3 is 0 Å². The highest BCUT2D eigenvalue weighted by Crippen LogP contribution is 2.25. The first kappa shape index (κ1) is 21.6. The molecule has 0 saturated heterocycles. The number of hydrogen-bond donors (Lipinski definition) is 1. The molecule has 30 heavy (non-hydrogen) atoms. The van der Waals surface area contributed by atoms with E-state index in [0.29, 0.717) is 11.3 Å². The van der Waals surface area contributed by atoms with E-state index in [4.69, 9.17) is 0 Å². The minimum absolute atomic E-state index is 0.0539. The zero-order valence-corrected chi connectivity index (χ0v) is 18.0. The lowest BCUT2D eigenvalue weighted by molar-refractivity contribution is 0.0939. The molecule has 0 unspecified atom stereocenters. The number of rotatable bonds is 8. The van der Waals surface area contributed by atoms with Crippen molar-refractivity contribution in [2.45, 2.75) is 30.7 Å². The van der Waals surface area contributed by atoms with Crippen molar-refractivity contribution in [1.82, 2.24) is 5.32 Å². The third kappa shape index (κ3) is 5.07. The molecule has 0 saturated carbocycles. The summed E-state index contributed by atoms with van der Waals surface area (Å²) in [6.45, 7) is 1.95. The molecule has 1 N–H and O–H groups in total. The minimum Gasteiger partial charge on any atom is -0.350 e. The fourth-order valence-corrected chi connectivity index (χ4v) is 4.46. The molecule has 0 heterocycles. The lowest BCUT2D eigenvalue weighted by atomic mass is 10.1. The maximum atomic E-state index is 13.0. The first-order valence-electron chi connectivity index (χ1n) is 9.87. The van der Waals surface area contributed by atoms with Crippen LogP contribution in [0.3, 0.4) is 0 Å². The van der Waals surface area contributed by atoms with Crippen LogP contribution in [0.25, 0.3) is 0 Å². The molecule has 0 bridgehead atoms. The molecule has 0 radical (unpaired) electrons. The van der Waals surface area contributed by atoms with Gasteiger partial charge in [-0.05, 0) is 49.6 Å². The van der Waals surface area contributed by atoms with Gasteiger partial charge in [0.25, 0.3) is 15.9 Å². The zero-order chi connectivity index (χ0) is 21.6. The van der Waals surface area contributed by atoms with Gasteiger partial charge in [0.1, 0.15) is 0 Å². The molecule has 0 fully saturated rings. The number of carbonyl (C=O) groups is 1. The molecule has 6 heteroatoms. The van der Waals surface area contributed by atoms with Crippen LogP contribution in [0.1, 0.15) is 29.3 Å². The number of nitrogens with one attached hydrogen (secondary N) is 1. The van der Waals surface area contributed by atoms with Gasteiger partial charge in [-0.25, -0.2) is 8.42 Å². The van der Waals surface area contributed by atoms with E-state index in [9.17, 15) is 13.2 Å². The second kappa shape index (κ2) is 9.59. The molecule has 3 aromatic carbocycles. The fraction of sp³-hybridized carbons (Fsp3) is 0.208. The molecule has 1 amide bonds. The molecule has 5 nitrogen and oxygen atoms in total. The van der Waals surface area contributed by atoms with Crippen LogP contribution >= 0.6 is 0 Å². The fourth-order valence-electron chi connectivity index (χ4n) is 3.22. The van der Waals surface area contributed by atoms with E-state index in [1.807, 2.05) is 25.1 Å². The van der Waals surface area contributed by atoms with E-state index >= 15 is 0 Å². The molecular formula is C24H26N2O3S. The van der Waals surface area contributed by atoms with E-state index < -0.39 is 10.0 Å². The van der Waals surface area contributed by atoms with Crippen molar-refractivity contribution in [3.05, 3.63) is 96.1 Å². The number of amides is 1. The number of anilines is 1. The lowest BCUT2D eigenvalue weighted by Gasteiger charge is -2.23. The number of hydrogen-bond acceptors (Lipinski definition) is 3. The van der Waals surface area contributed by atoms with Crippen LogP contribution in [-0.4, -0.2) is 27.4 Å². The van der Waals surface area contributed by atoms with Gasteiger partial charge < -0.3 is 5.32 Å². The van der Waals surface area contributed by atoms with Gasteiger partial charge in [0.15, 0.2) is 0 Å². The average Bonchev–Trinajstić information content (AvgIpc) is 2.78. The van der Waals surface area contributed by atoms with Crippen LogP contribution in [-0.2, 0) is 16.4 Å². The molecular weight excluding hydrogens is 396 g/mol. The van der Waals surface area contributed by atoms with Gasteiger partial charge in [-0.2, -0.15) is 0 Å². The standard InChI is InChI=1S/C24H26N2O3S/c1-19(17-18-20-11-5-3-6-12-20)25-24(27)22-15-9-10-16-23(22)26(2)30(28,29)21-13-7-4-8-14-21/h3-16,19H,17-18H2,1-2H3,(H,25,27)/t19-/m1/s1. The summed E-state index contributed by atoms with van der Waals surface area (Å²) in [6.07, 6.45) is 1.64. The Kier molecular flexibility index (Phi) is 6.90. The van der Waals surface area contributed by atoms with Crippen molar-refractivity contribution in [2.75, 3.05) is 11.4 Å². The van der Waals surface area contributed by atoms with E-state index in [1.165, 1.54) is 12.6 Å². The molecule has 0 spiro atoms. The summed E-state index contributed by atoms with van der Waals surface area (Å²) >= 11 is 0. The van der Waals surface area contributed by atoms with Gasteiger partial charge in [0, 0.05) is 13.1 Å². The summed E-state index contributed by atoms with van der Waals surface area (Å²) in [4.78, 5) is 13.1. The maximum absolute atomic E-state index is 13.0. The SMILES string of the molecule is C[C@H](CCc1ccccc1)NC(=O)c1ccccc1N(C)S(=O)(=O)c1ccccc1. The Morgan fingerprint density at radius 2 is 1.47 bits per heavy atom. The molecule has 3 aromatic rings. The molecule has 3 rings (SSSR count). The Bertz CT molecular complexity index is 1080. The highest BCUT2D eigenvalue weighted by molar-refractivity contribution is 7.92. The van der Waals surface area contributed by atoms with E-state index in [-0.39, 0.29) is 16.8 Å². The summed E-state index contributed by atoms with van der Waals surface area (Å²) in [5, 5.41) is 2.99. The van der Waals surface area contributed by atoms with E-state index in [2.05, 4.69) is 17.4 Å². The Morgan fingerprint density at radius 3 is 2.13 bits per heavy atom. The predicted molar refractivity (Wildman–Crippen MR) is 120 cm³/mol. The van der Waals surface area contributed by atoms with Crippen molar-refractivity contribution in [1.29, 1.82) is 0 Å². The summed E-state index contributed by atoms with van der Waals surface area (Å²) < 4.78 is 27.1. The summed E-state index contributed by atoms with van der Waals surface area (Å²) in [6, 6.07) is 25.0. The monoisotopic (exact) mass is 422 g/mol. The first-order valence-corrected chi connectivity index (χ1v) is 11.3. The van der Waals surface area contributed by atoms with Crippen LogP contribution in [0.5, 0.6) is 0 Å². The van der Waals surface area contributed by atoms with Gasteiger partial charge in [-0.3, -0.25) is 9.10 Å². The lowest BCUT2D eigenvalue weighted by Crippen LogP contribution is -2.35. The maximum Gasteiger partial charge on any atom is 0.264 e. The zero-order valence-electron chi connectivity index (χ0n) is 17.2. The molecule has 0 aliphatic heterocycles. The summed E-state index contributed by atoms with van der Waals surface area (Å²) in [5.41, 5.74) is 1.88. The van der Waals surface area contributed by atoms with E-state index in [1.54, 1.807) is 54.6 Å². The number of carbonyl (C=O) groups excluding carboxylic acids is 1. The number of aryl methyl sites for hydroxylation is 1. The molecule has 0 aliphatic carbocycles. The Labute approximate surface area is 178 Å². The molecule has 0 aromatic heterocycles. The van der Waals surface area contributed by atoms with Crippen LogP contribution in [0, 0.1) is 0 Å². The molecule has 1 atom stereocenters. The van der Waals surface area contributed by atoms with Crippen molar-refractivity contribution < 1.29 is 13.2 Å². The quantitative estimate of drug-likeness (QED) is 0.590. The van der Waals surface area contributed by atoms with Crippen molar-refractivity contribution >= 4 is 21.6 Å². The van der Waals surface area contributed by atoms with Gasteiger partial charge in [0.05, 0.1) is 16.1 Å². The van der Waals surface area contributed by atoms with Crippen molar-refractivity contribution in [2.24, 2.45) is 0 Å². The average molecular weight is 423 g/mol. The van der Waals surface area contributed by atoms with Gasteiger partial charge in [0.2, 0.25) is 0 Å². The third-order valence-electron chi connectivity index (χ3n) is 4.98. The normalized spacial score (nSPS) is 12.2. The van der Waals surface area contributed by atoms with E-state index in [0.717, 1.165) is 17.1 Å². The number of nitrogens with zero attached hydrogens (tertiary/aromatic N) is 1. The number of para-hydroxylation sites is 1. The second-order valence-electron chi connectivity index (χ2n) is 7.20. The number of benzene rings is 3. The first-order chi connectivity index (χ1) is 14.4. The largest absolute Gasteiger partial charge is 0.350 e. The van der Waals surface area contributed by atoms with Crippen LogP contribution in [0.2, 0.25) is 0 Å². The van der Waals surface area contributed by atoms with Crippen LogP contribution in [0.15, 0.2) is 89.8 Å². The predicted octanol–water partition coefficient (Wildman–Crippen LogP) is 4.26. The topological polar surface area (TPSA) is 66.5 Å². The van der Waals surface area contributed by atoms with Crippen molar-refractivity contribution in [3.63, 3.8) is 0 Å². The second-order valence-corrected chi connectivity index (χ2v) is 9.17. The highest BCUT2D eigenvalue weighted by Gasteiger charge is 2.25. The summed E-state index contributed by atoms with van der Waals surface area (Å²) in [7, 11) is -2.30.